The van der Waals surface area contributed by atoms with Gasteiger partial charge in [0.05, 0.1) is 31.1 Å². The number of carbonyl (C=O) groups is 4. The summed E-state index contributed by atoms with van der Waals surface area (Å²) < 4.78 is 13.3. The Morgan fingerprint density at radius 3 is 2.45 bits per heavy atom. The van der Waals surface area contributed by atoms with E-state index in [-0.39, 0.29) is 65.6 Å². The van der Waals surface area contributed by atoms with Crippen LogP contribution >= 0.6 is 11.6 Å². The minimum atomic E-state index is -0.675. The first kappa shape index (κ1) is 45.2. The first-order valence-electron chi connectivity index (χ1n) is 23.0. The number of imide groups is 1. The molecule has 18 heteroatoms. The summed E-state index contributed by atoms with van der Waals surface area (Å²) in [6.07, 6.45) is 6.42. The second-order valence-electron chi connectivity index (χ2n) is 19.2. The number of methoxy groups -OCH3 is 1. The fraction of sp³-hybridized carbons (Fsp3) is 0.521. The number of fused-ring (bicyclic) bond motifs is 2. The van der Waals surface area contributed by atoms with Gasteiger partial charge in [-0.2, -0.15) is 4.98 Å². The lowest BCUT2D eigenvalue weighted by molar-refractivity contribution is -0.137. The van der Waals surface area contributed by atoms with Crippen molar-refractivity contribution in [1.29, 1.82) is 0 Å². The van der Waals surface area contributed by atoms with E-state index in [1.807, 2.05) is 44.2 Å². The fourth-order valence-corrected chi connectivity index (χ4v) is 11.0. The van der Waals surface area contributed by atoms with Crippen LogP contribution in [0.5, 0.6) is 11.5 Å². The zero-order valence-corrected chi connectivity index (χ0v) is 39.3. The highest BCUT2D eigenvalue weighted by Gasteiger charge is 2.60. The van der Waals surface area contributed by atoms with Crippen molar-refractivity contribution >= 4 is 69.3 Å². The van der Waals surface area contributed by atoms with Crippen molar-refractivity contribution in [2.45, 2.75) is 90.4 Å². The number of likely N-dealkylation sites (N-methyl/N-ethyl adjacent to an activating group) is 1. The summed E-state index contributed by atoms with van der Waals surface area (Å²) in [4.78, 5) is 81.5. The van der Waals surface area contributed by atoms with E-state index >= 15 is 0 Å². The average Bonchev–Trinajstić information content (AvgIpc) is 3.63. The zero-order valence-electron chi connectivity index (χ0n) is 38.5. The molecule has 7 heterocycles. The molecule has 4 fully saturated rings. The summed E-state index contributed by atoms with van der Waals surface area (Å²) in [6.45, 7) is 14.2. The van der Waals surface area contributed by atoms with E-state index in [2.05, 4.69) is 49.5 Å². The number of hydrogen-bond acceptors (Lipinski definition) is 13. The van der Waals surface area contributed by atoms with Crippen molar-refractivity contribution in [1.82, 2.24) is 35.0 Å². The summed E-state index contributed by atoms with van der Waals surface area (Å²) in [5.74, 6) is 1.20. The quantitative estimate of drug-likeness (QED) is 0.157. The number of hydrogen-bond donors (Lipinski definition) is 3. The zero-order chi connectivity index (χ0) is 46.7. The smallest absolute Gasteiger partial charge is 0.293 e. The average molecular weight is 924 g/mol. The van der Waals surface area contributed by atoms with E-state index in [1.165, 1.54) is 7.05 Å². The van der Waals surface area contributed by atoms with Crippen LogP contribution in [0.1, 0.15) is 88.2 Å². The molecule has 2 aromatic heterocycles. The number of pyridine rings is 1. The number of amides is 4. The molecule has 4 amide bonds. The molecule has 0 bridgehead atoms. The summed E-state index contributed by atoms with van der Waals surface area (Å²) in [5, 5.41) is 9.41. The molecule has 350 valence electrons. The molecule has 17 nitrogen and oxygen atoms in total. The van der Waals surface area contributed by atoms with E-state index < -0.39 is 11.9 Å². The molecule has 0 saturated carbocycles. The van der Waals surface area contributed by atoms with Crippen LogP contribution < -0.4 is 40.8 Å². The molecule has 9 rings (SSSR count). The number of carbonyl (C=O) groups excluding carboxylic acids is 4. The summed E-state index contributed by atoms with van der Waals surface area (Å²) in [7, 11) is 3.17. The molecular weight excluding hydrogens is 864 g/mol. The highest BCUT2D eigenvalue weighted by atomic mass is 35.5. The highest BCUT2D eigenvalue weighted by molar-refractivity contribution is 6.33. The van der Waals surface area contributed by atoms with E-state index in [1.54, 1.807) is 28.8 Å². The Hall–Kier alpha value is -5.94. The van der Waals surface area contributed by atoms with E-state index in [0.29, 0.717) is 40.4 Å². The molecule has 1 atom stereocenters. The molecule has 3 N–H and O–H groups in total. The predicted molar refractivity (Wildman–Crippen MR) is 252 cm³/mol. The molecule has 0 radical (unpaired) electrons. The van der Waals surface area contributed by atoms with Gasteiger partial charge >= 0.3 is 0 Å². The Balaban J connectivity index is 0.795. The van der Waals surface area contributed by atoms with Crippen molar-refractivity contribution in [3.05, 3.63) is 69.1 Å². The first-order valence-corrected chi connectivity index (χ1v) is 23.4. The third kappa shape index (κ3) is 8.07. The third-order valence-corrected chi connectivity index (χ3v) is 15.2. The number of likely N-dealkylation sites (tertiary alicyclic amines) is 1. The monoisotopic (exact) mass is 922 g/mol. The summed E-state index contributed by atoms with van der Waals surface area (Å²) in [6, 6.07) is 10.4. The Kier molecular flexibility index (Phi) is 12.1. The molecule has 5 aliphatic heterocycles. The molecule has 5 aliphatic rings. The van der Waals surface area contributed by atoms with Crippen LogP contribution in [0.2, 0.25) is 5.02 Å². The second-order valence-corrected chi connectivity index (χ2v) is 19.6. The highest BCUT2D eigenvalue weighted by Crippen LogP contribution is 2.57. The second kappa shape index (κ2) is 17.7. The van der Waals surface area contributed by atoms with Gasteiger partial charge in [-0.15, -0.1) is 0 Å². The van der Waals surface area contributed by atoms with E-state index in [4.69, 9.17) is 26.1 Å². The van der Waals surface area contributed by atoms with Crippen molar-refractivity contribution in [2.24, 2.45) is 11.3 Å². The molecule has 1 spiro atoms. The minimum absolute atomic E-state index is 0.0967. The van der Waals surface area contributed by atoms with Crippen molar-refractivity contribution < 1.29 is 28.7 Å². The van der Waals surface area contributed by atoms with Crippen LogP contribution in [0, 0.1) is 11.3 Å². The Morgan fingerprint density at radius 2 is 1.77 bits per heavy atom. The number of rotatable bonds is 12. The van der Waals surface area contributed by atoms with Gasteiger partial charge in [-0.05, 0) is 115 Å². The number of halogens is 1. The lowest BCUT2D eigenvalue weighted by atomic mass is 9.57. The number of piperidine rings is 3. The predicted octanol–water partition coefficient (Wildman–Crippen LogP) is 5.26. The number of ether oxygens (including phenoxy) is 2. The van der Waals surface area contributed by atoms with Gasteiger partial charge in [-0.1, -0.05) is 11.6 Å². The number of nitrogens with one attached hydrogen (secondary N) is 3. The topological polar surface area (TPSA) is 184 Å². The molecule has 2 aromatic carbocycles. The van der Waals surface area contributed by atoms with E-state index in [0.717, 1.165) is 92.8 Å². The minimum Gasteiger partial charge on any atom is -0.494 e. The Morgan fingerprint density at radius 1 is 1.02 bits per heavy atom. The Bertz CT molecular complexity index is 2650. The van der Waals surface area contributed by atoms with Gasteiger partial charge in [0.15, 0.2) is 18.2 Å². The fourth-order valence-electron chi connectivity index (χ4n) is 10.9. The normalized spacial score (nSPS) is 20.7. The number of benzene rings is 2. The van der Waals surface area contributed by atoms with E-state index in [9.17, 15) is 24.0 Å². The van der Waals surface area contributed by atoms with Gasteiger partial charge < -0.3 is 44.3 Å². The van der Waals surface area contributed by atoms with Crippen LogP contribution in [0.15, 0.2) is 47.4 Å². The van der Waals surface area contributed by atoms with Gasteiger partial charge in [0, 0.05) is 78.8 Å². The van der Waals surface area contributed by atoms with Gasteiger partial charge in [-0.3, -0.25) is 29.3 Å². The lowest BCUT2D eigenvalue weighted by Gasteiger charge is -2.67. The van der Waals surface area contributed by atoms with Crippen molar-refractivity contribution in [2.75, 3.05) is 75.1 Å². The molecule has 4 saturated heterocycles. The maximum Gasteiger partial charge on any atom is 0.293 e. The van der Waals surface area contributed by atoms with Gasteiger partial charge in [0.1, 0.15) is 16.8 Å². The van der Waals surface area contributed by atoms with Crippen molar-refractivity contribution in [3.8, 4) is 11.5 Å². The molecular formula is C48H59ClN10O7. The molecule has 66 heavy (non-hydrogen) atoms. The van der Waals surface area contributed by atoms with Crippen molar-refractivity contribution in [3.63, 3.8) is 0 Å². The van der Waals surface area contributed by atoms with Crippen LogP contribution in [0.25, 0.3) is 10.9 Å². The lowest BCUT2D eigenvalue weighted by Crippen LogP contribution is -2.74. The summed E-state index contributed by atoms with van der Waals surface area (Å²) in [5.41, 5.74) is 3.50. The molecule has 4 aromatic rings. The van der Waals surface area contributed by atoms with Gasteiger partial charge in [0.2, 0.25) is 17.8 Å². The number of anilines is 4. The van der Waals surface area contributed by atoms with Crippen LogP contribution in [0.4, 0.5) is 23.1 Å². The molecule has 0 aliphatic carbocycles. The number of aromatic nitrogens is 3. The molecule has 1 unspecified atom stereocenters. The number of nitrogens with zero attached hydrogens (tertiary/aromatic N) is 7. The van der Waals surface area contributed by atoms with Gasteiger partial charge in [0.25, 0.3) is 17.4 Å². The largest absolute Gasteiger partial charge is 0.494 e. The summed E-state index contributed by atoms with van der Waals surface area (Å²) >= 11 is 6.64. The Labute approximate surface area is 389 Å². The SMILES string of the molecule is CNC(=O)COc1cc2cc(Nc3nc(N4CCC(CN5CCC6(CC5)CN(c5ccc7c(c5OC)CN(C5CCC(=O)NC5=O)C7=O)C6(C)C)CC4)ncc3Cl)ccc2n(C(C)C)c1=O. The standard InChI is InChI=1S/C48H59ClN10O7/c1-28(2)59-35-9-7-31(21-30(35)22-38(45(59)64)66-26-40(61)50-5)52-42-34(49)23-51-46(54-42)56-17-13-29(14-18-56)24-55-19-15-48(16-20-55)27-58(47(48,3)4)36-10-8-32-33(41(36)65-6)25-57(44(32)63)37-11-12-39(60)53-43(37)62/h7-10,21-23,28-29,37H,11-20,24-27H2,1-6H3,(H,50,61)(H,51,52,54)(H,53,60,62). The third-order valence-electron chi connectivity index (χ3n) is 15.0. The van der Waals surface area contributed by atoms with Gasteiger partial charge in [-0.25, -0.2) is 4.98 Å². The maximum absolute atomic E-state index is 13.5. The van der Waals surface area contributed by atoms with Crippen LogP contribution in [-0.2, 0) is 20.9 Å². The first-order chi connectivity index (χ1) is 31.6. The maximum atomic E-state index is 13.5. The van der Waals surface area contributed by atoms with Crippen LogP contribution in [0.3, 0.4) is 0 Å². The van der Waals surface area contributed by atoms with Crippen LogP contribution in [-0.4, -0.2) is 120 Å².